The highest BCUT2D eigenvalue weighted by atomic mass is 16.6. The quantitative estimate of drug-likeness (QED) is 0.252. The van der Waals surface area contributed by atoms with E-state index in [1.165, 1.54) is 29.3 Å². The number of imide groups is 1. The van der Waals surface area contributed by atoms with E-state index in [0.29, 0.717) is 5.69 Å². The van der Waals surface area contributed by atoms with E-state index in [9.17, 15) is 24.5 Å². The van der Waals surface area contributed by atoms with E-state index in [1.54, 1.807) is 36.5 Å². The fourth-order valence-electron chi connectivity index (χ4n) is 5.44. The Kier molecular flexibility index (Phi) is 4.60. The molecule has 3 aliphatic heterocycles. The summed E-state index contributed by atoms with van der Waals surface area (Å²) in [6, 6.07) is 19.8. The second kappa shape index (κ2) is 7.69. The average Bonchev–Trinajstić information content (AvgIpc) is 3.36. The standard InChI is InChI=1S/C26H18N4O5/c31-24(15-8-6-11-18(13-15)30(34)35)23-21-20(22-19-12-5-4-7-16(19)14-27-29(22)23)25(32)28(26(21)33)17-9-2-1-3-10-17/h1-14,20-23H/t20-,21+,22+,23-/m0/s1. The maximum absolute atomic E-state index is 13.8. The summed E-state index contributed by atoms with van der Waals surface area (Å²) in [7, 11) is 0. The number of nitro groups is 1. The van der Waals surface area contributed by atoms with Gasteiger partial charge in [0.05, 0.1) is 34.7 Å². The number of hydrogen-bond acceptors (Lipinski definition) is 7. The molecule has 3 aromatic rings. The Hall–Kier alpha value is -4.66. The Morgan fingerprint density at radius 2 is 1.60 bits per heavy atom. The number of non-ortho nitro benzene ring substituents is 1. The molecule has 0 N–H and O–H groups in total. The van der Waals surface area contributed by atoms with Crippen LogP contribution in [0.15, 0.2) is 84.0 Å². The highest BCUT2D eigenvalue weighted by Gasteiger charge is 2.65. The van der Waals surface area contributed by atoms with Crippen LogP contribution in [0.3, 0.4) is 0 Å². The molecule has 0 unspecified atom stereocenters. The molecular weight excluding hydrogens is 448 g/mol. The van der Waals surface area contributed by atoms with Crippen LogP contribution in [0.2, 0.25) is 0 Å². The van der Waals surface area contributed by atoms with Crippen molar-refractivity contribution in [3.8, 4) is 0 Å². The maximum Gasteiger partial charge on any atom is 0.270 e. The topological polar surface area (TPSA) is 113 Å². The summed E-state index contributed by atoms with van der Waals surface area (Å²) in [5, 5.41) is 17.3. The number of amides is 2. The SMILES string of the molecule is O=C(c1cccc([N+](=O)[O-])c1)[C@@H]1[C@@H]2C(=O)N(c3ccccc3)C(=O)[C@@H]2[C@H]2c3ccccc3C=NN12. The highest BCUT2D eigenvalue weighted by molar-refractivity contribution is 6.24. The van der Waals surface area contributed by atoms with Gasteiger partial charge in [-0.3, -0.25) is 29.5 Å². The molecule has 2 fully saturated rings. The van der Waals surface area contributed by atoms with E-state index in [2.05, 4.69) is 5.10 Å². The zero-order valence-corrected chi connectivity index (χ0v) is 18.2. The van der Waals surface area contributed by atoms with Gasteiger partial charge in [-0.2, -0.15) is 5.10 Å². The number of carbonyl (C=O) groups is 3. The van der Waals surface area contributed by atoms with Gasteiger partial charge in [0.25, 0.3) is 5.69 Å². The number of hydrogen-bond donors (Lipinski definition) is 0. The first-order valence-electron chi connectivity index (χ1n) is 11.1. The van der Waals surface area contributed by atoms with Gasteiger partial charge < -0.3 is 0 Å². The number of hydrazone groups is 1. The summed E-state index contributed by atoms with van der Waals surface area (Å²) in [6.45, 7) is 0. The van der Waals surface area contributed by atoms with Crippen molar-refractivity contribution in [2.24, 2.45) is 16.9 Å². The Morgan fingerprint density at radius 1 is 0.886 bits per heavy atom. The number of anilines is 1. The van der Waals surface area contributed by atoms with Crippen LogP contribution < -0.4 is 4.90 Å². The molecule has 0 spiro atoms. The van der Waals surface area contributed by atoms with Gasteiger partial charge in [0.1, 0.15) is 6.04 Å². The van der Waals surface area contributed by atoms with Gasteiger partial charge in [0.15, 0.2) is 5.78 Å². The number of benzene rings is 3. The third kappa shape index (κ3) is 3.01. The highest BCUT2D eigenvalue weighted by Crippen LogP contribution is 2.53. The van der Waals surface area contributed by atoms with Crippen LogP contribution in [0.1, 0.15) is 27.5 Å². The number of Topliss-reactive ketones (excluding diaryl/α,β-unsaturated/α-hetero) is 1. The molecule has 2 saturated heterocycles. The van der Waals surface area contributed by atoms with E-state index in [-0.39, 0.29) is 17.2 Å². The summed E-state index contributed by atoms with van der Waals surface area (Å²) in [4.78, 5) is 53.2. The van der Waals surface area contributed by atoms with Crippen molar-refractivity contribution in [3.05, 3.63) is 106 Å². The molecule has 6 rings (SSSR count). The summed E-state index contributed by atoms with van der Waals surface area (Å²) < 4.78 is 0. The molecule has 3 heterocycles. The van der Waals surface area contributed by atoms with Crippen LogP contribution in [-0.2, 0) is 9.59 Å². The molecule has 35 heavy (non-hydrogen) atoms. The van der Waals surface area contributed by atoms with E-state index >= 15 is 0 Å². The molecule has 3 aromatic carbocycles. The molecule has 0 aromatic heterocycles. The molecule has 0 saturated carbocycles. The van der Waals surface area contributed by atoms with Crippen LogP contribution in [0, 0.1) is 22.0 Å². The number of nitrogens with zero attached hydrogens (tertiary/aromatic N) is 4. The van der Waals surface area contributed by atoms with Gasteiger partial charge in [0.2, 0.25) is 11.8 Å². The van der Waals surface area contributed by atoms with Crippen LogP contribution in [0.4, 0.5) is 11.4 Å². The average molecular weight is 466 g/mol. The Bertz CT molecular complexity index is 1440. The van der Waals surface area contributed by atoms with E-state index in [4.69, 9.17) is 0 Å². The Labute approximate surface area is 199 Å². The Morgan fingerprint density at radius 3 is 2.37 bits per heavy atom. The lowest BCUT2D eigenvalue weighted by Crippen LogP contribution is -2.44. The molecule has 0 radical (unpaired) electrons. The van der Waals surface area contributed by atoms with Gasteiger partial charge >= 0.3 is 0 Å². The normalized spacial score (nSPS) is 24.2. The van der Waals surface area contributed by atoms with Gasteiger partial charge in [-0.25, -0.2) is 4.90 Å². The molecular formula is C26H18N4O5. The molecule has 9 heteroatoms. The van der Waals surface area contributed by atoms with Crippen LogP contribution in [0.5, 0.6) is 0 Å². The minimum absolute atomic E-state index is 0.0936. The first kappa shape index (κ1) is 20.9. The van der Waals surface area contributed by atoms with Gasteiger partial charge in [-0.15, -0.1) is 0 Å². The van der Waals surface area contributed by atoms with Crippen molar-refractivity contribution in [2.75, 3.05) is 4.90 Å². The third-order valence-corrected chi connectivity index (χ3v) is 6.92. The lowest BCUT2D eigenvalue weighted by molar-refractivity contribution is -0.384. The summed E-state index contributed by atoms with van der Waals surface area (Å²) in [6.07, 6.45) is 1.62. The zero-order valence-electron chi connectivity index (χ0n) is 18.2. The van der Waals surface area contributed by atoms with Crippen molar-refractivity contribution in [2.45, 2.75) is 12.1 Å². The number of rotatable bonds is 4. The van der Waals surface area contributed by atoms with Gasteiger partial charge in [-0.05, 0) is 23.3 Å². The minimum Gasteiger partial charge on any atom is -0.292 e. The molecule has 172 valence electrons. The largest absolute Gasteiger partial charge is 0.292 e. The smallest absolute Gasteiger partial charge is 0.270 e. The van der Waals surface area contributed by atoms with Crippen molar-refractivity contribution in [3.63, 3.8) is 0 Å². The number of fused-ring (bicyclic) bond motifs is 5. The zero-order chi connectivity index (χ0) is 24.3. The van der Waals surface area contributed by atoms with Crippen LogP contribution in [0.25, 0.3) is 0 Å². The molecule has 0 aliphatic carbocycles. The second-order valence-electron chi connectivity index (χ2n) is 8.71. The fraction of sp³-hybridized carbons (Fsp3) is 0.154. The number of carbonyl (C=O) groups excluding carboxylic acids is 3. The van der Waals surface area contributed by atoms with Crippen molar-refractivity contribution >= 4 is 35.2 Å². The number of para-hydroxylation sites is 1. The molecule has 2 amide bonds. The third-order valence-electron chi connectivity index (χ3n) is 6.92. The van der Waals surface area contributed by atoms with E-state index in [0.717, 1.165) is 16.0 Å². The molecule has 3 aliphatic rings. The lowest BCUT2D eigenvalue weighted by Gasteiger charge is -2.33. The van der Waals surface area contributed by atoms with Crippen molar-refractivity contribution in [1.29, 1.82) is 0 Å². The first-order valence-corrected chi connectivity index (χ1v) is 11.1. The van der Waals surface area contributed by atoms with Crippen LogP contribution in [-0.4, -0.2) is 39.8 Å². The van der Waals surface area contributed by atoms with Gasteiger partial charge in [-0.1, -0.05) is 54.6 Å². The summed E-state index contributed by atoms with van der Waals surface area (Å²) in [5.41, 5.74) is 1.93. The fourth-order valence-corrected chi connectivity index (χ4v) is 5.44. The van der Waals surface area contributed by atoms with Crippen molar-refractivity contribution in [1.82, 2.24) is 5.01 Å². The van der Waals surface area contributed by atoms with Gasteiger partial charge in [0, 0.05) is 17.7 Å². The Balaban J connectivity index is 1.50. The summed E-state index contributed by atoms with van der Waals surface area (Å²) in [5.74, 6) is -3.16. The molecule has 4 atom stereocenters. The predicted molar refractivity (Wildman–Crippen MR) is 126 cm³/mol. The molecule has 0 bridgehead atoms. The predicted octanol–water partition coefficient (Wildman–Crippen LogP) is 3.36. The lowest BCUT2D eigenvalue weighted by atomic mass is 9.83. The van der Waals surface area contributed by atoms with E-state index < -0.39 is 40.5 Å². The monoisotopic (exact) mass is 466 g/mol. The number of nitro benzene ring substituents is 1. The first-order chi connectivity index (χ1) is 17.0. The number of ketones is 1. The minimum atomic E-state index is -1.08. The van der Waals surface area contributed by atoms with E-state index in [1.807, 2.05) is 24.3 Å². The van der Waals surface area contributed by atoms with Crippen LogP contribution >= 0.6 is 0 Å². The molecule has 9 nitrogen and oxygen atoms in total. The van der Waals surface area contributed by atoms with Crippen molar-refractivity contribution < 1.29 is 19.3 Å². The maximum atomic E-state index is 13.8. The summed E-state index contributed by atoms with van der Waals surface area (Å²) >= 11 is 0. The second-order valence-corrected chi connectivity index (χ2v) is 8.71.